The van der Waals surface area contributed by atoms with Crippen LogP contribution in [-0.2, 0) is 17.8 Å². The highest BCUT2D eigenvalue weighted by Crippen LogP contribution is 2.15. The summed E-state index contributed by atoms with van der Waals surface area (Å²) in [7, 11) is 0. The Balaban J connectivity index is 2.36. The molecule has 1 aromatic heterocycles. The summed E-state index contributed by atoms with van der Waals surface area (Å²) in [5.74, 6) is 0. The number of halogens is 3. The molecule has 0 saturated carbocycles. The number of hydrogen-bond acceptors (Lipinski definition) is 3. The van der Waals surface area contributed by atoms with Gasteiger partial charge in [-0.1, -0.05) is 0 Å². The van der Waals surface area contributed by atoms with E-state index in [2.05, 4.69) is 9.84 Å². The van der Waals surface area contributed by atoms with Crippen molar-refractivity contribution in [2.24, 2.45) is 5.73 Å². The first-order valence-electron chi connectivity index (χ1n) is 5.72. The largest absolute Gasteiger partial charge is 0.411 e. The maximum absolute atomic E-state index is 11.8. The molecule has 1 aromatic rings. The van der Waals surface area contributed by atoms with Crippen molar-refractivity contribution in [1.29, 1.82) is 0 Å². The number of aryl methyl sites for hydroxylation is 2. The number of alkyl halides is 3. The maximum Gasteiger partial charge on any atom is 0.411 e. The van der Waals surface area contributed by atoms with Crippen LogP contribution < -0.4 is 5.73 Å². The first-order valence-corrected chi connectivity index (χ1v) is 5.72. The minimum Gasteiger partial charge on any atom is -0.372 e. The second-order valence-electron chi connectivity index (χ2n) is 4.10. The van der Waals surface area contributed by atoms with E-state index in [1.54, 1.807) is 4.68 Å². The van der Waals surface area contributed by atoms with Crippen LogP contribution in [0.25, 0.3) is 0 Å². The number of hydrogen-bond donors (Lipinski definition) is 1. The van der Waals surface area contributed by atoms with Crippen LogP contribution in [-0.4, -0.2) is 29.2 Å². The number of ether oxygens (including phenoxy) is 1. The Bertz CT molecular complexity index is 388. The molecule has 4 nitrogen and oxygen atoms in total. The van der Waals surface area contributed by atoms with Crippen LogP contribution in [0.5, 0.6) is 0 Å². The van der Waals surface area contributed by atoms with Crippen molar-refractivity contribution in [2.45, 2.75) is 39.5 Å². The molecule has 104 valence electrons. The lowest BCUT2D eigenvalue weighted by Gasteiger charge is -2.08. The van der Waals surface area contributed by atoms with Crippen molar-refractivity contribution in [2.75, 3.05) is 13.2 Å². The lowest BCUT2D eigenvalue weighted by molar-refractivity contribution is -0.174. The van der Waals surface area contributed by atoms with Gasteiger partial charge >= 0.3 is 6.18 Å². The lowest BCUT2D eigenvalue weighted by Crippen LogP contribution is -2.18. The molecule has 0 aliphatic carbocycles. The van der Waals surface area contributed by atoms with E-state index in [1.165, 1.54) is 0 Å². The molecule has 0 atom stereocenters. The summed E-state index contributed by atoms with van der Waals surface area (Å²) in [4.78, 5) is 0. The number of nitrogens with two attached hydrogens (primary N) is 1. The van der Waals surface area contributed by atoms with Gasteiger partial charge in [0.2, 0.25) is 0 Å². The quantitative estimate of drug-likeness (QED) is 0.800. The molecule has 0 unspecified atom stereocenters. The summed E-state index contributed by atoms with van der Waals surface area (Å²) in [6.07, 6.45) is -3.77. The molecule has 0 bridgehead atoms. The lowest BCUT2D eigenvalue weighted by atomic mass is 10.2. The van der Waals surface area contributed by atoms with E-state index in [0.29, 0.717) is 19.5 Å². The maximum atomic E-state index is 11.8. The zero-order valence-corrected chi connectivity index (χ0v) is 10.5. The van der Waals surface area contributed by atoms with Gasteiger partial charge < -0.3 is 10.5 Å². The van der Waals surface area contributed by atoms with Crippen LogP contribution >= 0.6 is 0 Å². The van der Waals surface area contributed by atoms with Gasteiger partial charge in [-0.2, -0.15) is 18.3 Å². The molecular weight excluding hydrogens is 247 g/mol. The van der Waals surface area contributed by atoms with Gasteiger partial charge in [0.15, 0.2) is 0 Å². The second kappa shape index (κ2) is 6.19. The third-order valence-electron chi connectivity index (χ3n) is 2.66. The number of nitrogens with zero attached hydrogens (tertiary/aromatic N) is 2. The standard InChI is InChI=1S/C11H18F3N3O/c1-8-10(6-15)9(2)17(16-8)4-3-5-18-7-11(12,13)14/h3-7,15H2,1-2H3. The normalized spacial score (nSPS) is 12.1. The summed E-state index contributed by atoms with van der Waals surface area (Å²) in [6.45, 7) is 3.59. The van der Waals surface area contributed by atoms with Crippen molar-refractivity contribution in [1.82, 2.24) is 9.78 Å². The van der Waals surface area contributed by atoms with Crippen molar-refractivity contribution >= 4 is 0 Å². The molecule has 0 aliphatic heterocycles. The van der Waals surface area contributed by atoms with Gasteiger partial charge in [-0.15, -0.1) is 0 Å². The number of rotatable bonds is 6. The Morgan fingerprint density at radius 1 is 1.33 bits per heavy atom. The Hall–Kier alpha value is -1.08. The zero-order chi connectivity index (χ0) is 13.8. The highest BCUT2D eigenvalue weighted by Gasteiger charge is 2.27. The molecule has 0 fully saturated rings. The molecule has 1 heterocycles. The van der Waals surface area contributed by atoms with E-state index in [4.69, 9.17) is 5.73 Å². The molecule has 0 spiro atoms. The minimum atomic E-state index is -4.26. The van der Waals surface area contributed by atoms with Gasteiger partial charge in [0.05, 0.1) is 5.69 Å². The fraction of sp³-hybridized carbons (Fsp3) is 0.727. The van der Waals surface area contributed by atoms with Gasteiger partial charge in [-0.3, -0.25) is 4.68 Å². The van der Waals surface area contributed by atoms with Crippen molar-refractivity contribution in [3.05, 3.63) is 17.0 Å². The smallest absolute Gasteiger partial charge is 0.372 e. The first kappa shape index (κ1) is 15.0. The fourth-order valence-electron chi connectivity index (χ4n) is 1.75. The average molecular weight is 265 g/mol. The molecule has 1 rings (SSSR count). The van der Waals surface area contributed by atoms with Crippen LogP contribution in [0.15, 0.2) is 0 Å². The monoisotopic (exact) mass is 265 g/mol. The number of aromatic nitrogens is 2. The van der Waals surface area contributed by atoms with Gasteiger partial charge in [-0.25, -0.2) is 0 Å². The fourth-order valence-corrected chi connectivity index (χ4v) is 1.75. The summed E-state index contributed by atoms with van der Waals surface area (Å²) < 4.78 is 41.7. The van der Waals surface area contributed by atoms with E-state index in [1.807, 2.05) is 13.8 Å². The zero-order valence-electron chi connectivity index (χ0n) is 10.5. The topological polar surface area (TPSA) is 53.1 Å². The van der Waals surface area contributed by atoms with Crippen LogP contribution in [0.2, 0.25) is 0 Å². The van der Waals surface area contributed by atoms with E-state index in [9.17, 15) is 13.2 Å². The Labute approximate surface area is 104 Å². The summed E-state index contributed by atoms with van der Waals surface area (Å²) >= 11 is 0. The summed E-state index contributed by atoms with van der Waals surface area (Å²) in [6, 6.07) is 0. The van der Waals surface area contributed by atoms with Gasteiger partial charge in [0, 0.05) is 31.0 Å². The minimum absolute atomic E-state index is 0.0653. The Morgan fingerprint density at radius 3 is 2.50 bits per heavy atom. The van der Waals surface area contributed by atoms with Gasteiger partial charge in [-0.05, 0) is 20.3 Å². The highest BCUT2D eigenvalue weighted by molar-refractivity contribution is 5.23. The third-order valence-corrected chi connectivity index (χ3v) is 2.66. The Kier molecular flexibility index (Phi) is 5.15. The molecule has 18 heavy (non-hydrogen) atoms. The molecule has 0 aliphatic rings. The molecule has 0 amide bonds. The predicted octanol–water partition coefficient (Wildman–Crippen LogP) is 1.93. The third kappa shape index (κ3) is 4.30. The Morgan fingerprint density at radius 2 is 2.00 bits per heavy atom. The molecule has 0 saturated heterocycles. The first-order chi connectivity index (χ1) is 8.35. The van der Waals surface area contributed by atoms with Crippen molar-refractivity contribution in [3.8, 4) is 0 Å². The summed E-state index contributed by atoms with van der Waals surface area (Å²) in [5.41, 5.74) is 8.41. The van der Waals surface area contributed by atoms with E-state index in [-0.39, 0.29) is 6.61 Å². The van der Waals surface area contributed by atoms with Crippen LogP contribution in [0, 0.1) is 13.8 Å². The van der Waals surface area contributed by atoms with Crippen LogP contribution in [0.4, 0.5) is 13.2 Å². The average Bonchev–Trinajstić information content (AvgIpc) is 2.52. The van der Waals surface area contributed by atoms with Crippen molar-refractivity contribution < 1.29 is 17.9 Å². The summed E-state index contributed by atoms with van der Waals surface area (Å²) in [5, 5.41) is 4.29. The van der Waals surface area contributed by atoms with Crippen LogP contribution in [0.3, 0.4) is 0 Å². The SMILES string of the molecule is Cc1nn(CCCOCC(F)(F)F)c(C)c1CN. The van der Waals surface area contributed by atoms with Crippen LogP contribution in [0.1, 0.15) is 23.4 Å². The van der Waals surface area contributed by atoms with Gasteiger partial charge in [0.1, 0.15) is 6.61 Å². The van der Waals surface area contributed by atoms with E-state index < -0.39 is 12.8 Å². The van der Waals surface area contributed by atoms with E-state index >= 15 is 0 Å². The predicted molar refractivity (Wildman–Crippen MR) is 61.1 cm³/mol. The van der Waals surface area contributed by atoms with Gasteiger partial charge in [0.25, 0.3) is 0 Å². The highest BCUT2D eigenvalue weighted by atomic mass is 19.4. The van der Waals surface area contributed by atoms with Crippen molar-refractivity contribution in [3.63, 3.8) is 0 Å². The second-order valence-corrected chi connectivity index (χ2v) is 4.10. The molecule has 0 aromatic carbocycles. The molecule has 2 N–H and O–H groups in total. The van der Waals surface area contributed by atoms with E-state index in [0.717, 1.165) is 17.0 Å². The molecule has 0 radical (unpaired) electrons. The molecular formula is C11H18F3N3O. The molecule has 7 heteroatoms.